The number of benzene rings is 1. The van der Waals surface area contributed by atoms with E-state index < -0.39 is 5.67 Å². The number of alkyl halides is 1. The molecule has 0 spiro atoms. The molecule has 0 N–H and O–H groups in total. The van der Waals surface area contributed by atoms with Gasteiger partial charge in [0.15, 0.2) is 5.82 Å². The highest BCUT2D eigenvalue weighted by molar-refractivity contribution is 5.95. The molecule has 4 bridgehead atoms. The van der Waals surface area contributed by atoms with Crippen LogP contribution in [0.25, 0.3) is 11.1 Å². The van der Waals surface area contributed by atoms with Crippen LogP contribution in [-0.2, 0) is 10.2 Å². The fraction of sp³-hybridized carbons (Fsp3) is 0.588. The molecule has 0 atom stereocenters. The van der Waals surface area contributed by atoms with Crippen LogP contribution in [0.5, 0.6) is 5.88 Å². The highest BCUT2D eigenvalue weighted by Gasteiger charge is 2.69. The Hall–Kier alpha value is -3.29. The molecule has 7 aliphatic rings. The quantitative estimate of drug-likeness (QED) is 0.254. The molecular formula is C34H39FN4O3. The van der Waals surface area contributed by atoms with E-state index in [9.17, 15) is 9.18 Å². The smallest absolute Gasteiger partial charge is 0.232 e. The first-order chi connectivity index (χ1) is 20.3. The van der Waals surface area contributed by atoms with Crippen molar-refractivity contribution in [2.45, 2.75) is 101 Å². The van der Waals surface area contributed by atoms with E-state index in [1.54, 1.807) is 0 Å². The Morgan fingerprint density at radius 3 is 2.43 bits per heavy atom. The number of fused-ring (bicyclic) bond motifs is 3. The maximum absolute atomic E-state index is 14.4. The van der Waals surface area contributed by atoms with E-state index in [1.165, 1.54) is 12.8 Å². The van der Waals surface area contributed by atoms with Crippen molar-refractivity contribution >= 4 is 11.6 Å². The van der Waals surface area contributed by atoms with E-state index in [0.717, 1.165) is 67.1 Å². The Morgan fingerprint density at radius 1 is 1.02 bits per heavy atom. The maximum Gasteiger partial charge on any atom is 0.232 e. The van der Waals surface area contributed by atoms with Gasteiger partial charge in [-0.15, -0.1) is 0 Å². The normalized spacial score (nSPS) is 32.6. The predicted molar refractivity (Wildman–Crippen MR) is 156 cm³/mol. The van der Waals surface area contributed by atoms with Crippen molar-refractivity contribution in [1.82, 2.24) is 15.1 Å². The zero-order valence-electron chi connectivity index (χ0n) is 24.4. The highest BCUT2D eigenvalue weighted by Crippen LogP contribution is 2.71. The summed E-state index contributed by atoms with van der Waals surface area (Å²) in [5.74, 6) is 2.96. The summed E-state index contributed by atoms with van der Waals surface area (Å²) in [5.41, 5.74) is 1.82. The van der Waals surface area contributed by atoms with Gasteiger partial charge < -0.3 is 14.2 Å². The van der Waals surface area contributed by atoms with Gasteiger partial charge in [-0.1, -0.05) is 17.3 Å². The van der Waals surface area contributed by atoms with Gasteiger partial charge in [-0.3, -0.25) is 4.79 Å². The lowest BCUT2D eigenvalue weighted by atomic mass is 9.41. The molecule has 0 radical (unpaired) electrons. The number of carbonyl (C=O) groups excluding carboxylic acids is 1. The summed E-state index contributed by atoms with van der Waals surface area (Å²) in [6.07, 6.45) is 12.4. The molecule has 0 aliphatic heterocycles. The number of anilines is 1. The number of amides is 1. The van der Waals surface area contributed by atoms with E-state index in [2.05, 4.69) is 22.3 Å². The number of aromatic nitrogens is 3. The minimum Gasteiger partial charge on any atom is -0.478 e. The standard InChI is InChI=1S/C34H39FN4O3/c1-2-41-27-9-8-25(18-36-27)24-4-3-5-26(16-24)39(28(40)17-32-19-34(35,20-32)21-32)22-31-10-13-33(14-11-31,15-12-31)30-37-29(38-42-30)23-6-7-23/h3-5,8-9,16,18,23H,2,6-7,10-15,17,19-22H2,1H3. The molecule has 1 aromatic carbocycles. The van der Waals surface area contributed by atoms with Crippen molar-refractivity contribution in [2.24, 2.45) is 10.8 Å². The Balaban J connectivity index is 1.04. The fourth-order valence-electron chi connectivity index (χ4n) is 8.54. The summed E-state index contributed by atoms with van der Waals surface area (Å²) >= 11 is 0. The molecule has 10 rings (SSSR count). The van der Waals surface area contributed by atoms with E-state index in [1.807, 2.05) is 42.3 Å². The van der Waals surface area contributed by atoms with Gasteiger partial charge in [0.05, 0.1) is 6.61 Å². The zero-order valence-corrected chi connectivity index (χ0v) is 24.4. The molecular weight excluding hydrogens is 531 g/mol. The first-order valence-electron chi connectivity index (χ1n) is 15.8. The number of pyridine rings is 1. The summed E-state index contributed by atoms with van der Waals surface area (Å²) in [7, 11) is 0. The highest BCUT2D eigenvalue weighted by atomic mass is 19.1. The number of rotatable bonds is 10. The molecule has 7 saturated carbocycles. The van der Waals surface area contributed by atoms with Gasteiger partial charge >= 0.3 is 0 Å². The van der Waals surface area contributed by atoms with Crippen molar-refractivity contribution in [3.63, 3.8) is 0 Å². The van der Waals surface area contributed by atoms with Crippen molar-refractivity contribution in [3.8, 4) is 17.0 Å². The average Bonchev–Trinajstić information content (AvgIpc) is 3.71. The Kier molecular flexibility index (Phi) is 5.87. The minimum atomic E-state index is -1.01. The van der Waals surface area contributed by atoms with Crippen LogP contribution in [0.2, 0.25) is 0 Å². The number of hydrogen-bond acceptors (Lipinski definition) is 6. The molecule has 220 valence electrons. The third kappa shape index (κ3) is 4.44. The molecule has 7 aliphatic carbocycles. The second-order valence-corrected chi connectivity index (χ2v) is 14.2. The Morgan fingerprint density at radius 2 is 1.79 bits per heavy atom. The summed E-state index contributed by atoms with van der Waals surface area (Å²) in [6, 6.07) is 12.1. The molecule has 0 saturated heterocycles. The second kappa shape index (κ2) is 9.35. The molecule has 42 heavy (non-hydrogen) atoms. The second-order valence-electron chi connectivity index (χ2n) is 14.2. The number of nitrogens with zero attached hydrogens (tertiary/aromatic N) is 4. The van der Waals surface area contributed by atoms with Crippen LogP contribution in [0, 0.1) is 10.8 Å². The monoisotopic (exact) mass is 570 g/mol. The van der Waals surface area contributed by atoms with Crippen molar-refractivity contribution in [3.05, 3.63) is 54.3 Å². The molecule has 8 heteroatoms. The number of hydrogen-bond donors (Lipinski definition) is 0. The third-order valence-corrected chi connectivity index (χ3v) is 11.2. The van der Waals surface area contributed by atoms with E-state index in [-0.39, 0.29) is 22.2 Å². The van der Waals surface area contributed by atoms with Crippen LogP contribution in [0.1, 0.15) is 102 Å². The van der Waals surface area contributed by atoms with Crippen LogP contribution in [0.4, 0.5) is 10.1 Å². The minimum absolute atomic E-state index is 0.0153. The maximum atomic E-state index is 14.4. The summed E-state index contributed by atoms with van der Waals surface area (Å²) in [4.78, 5) is 25.4. The predicted octanol–water partition coefficient (Wildman–Crippen LogP) is 7.32. The largest absolute Gasteiger partial charge is 0.478 e. The van der Waals surface area contributed by atoms with Crippen LogP contribution in [-0.4, -0.2) is 39.9 Å². The van der Waals surface area contributed by atoms with Gasteiger partial charge in [0, 0.05) is 47.8 Å². The SMILES string of the molecule is CCOc1ccc(-c2cccc(N(CC34CCC(c5nc(C6CC6)no5)(CC3)CC4)C(=O)CC34CC(F)(C3)C4)c2)cn1. The number of ether oxygens (including phenoxy) is 1. The van der Waals surface area contributed by atoms with Crippen molar-refractivity contribution in [1.29, 1.82) is 0 Å². The number of carbonyl (C=O) groups is 1. The van der Waals surface area contributed by atoms with Gasteiger partial charge in [-0.05, 0) is 112 Å². The van der Waals surface area contributed by atoms with Crippen molar-refractivity contribution in [2.75, 3.05) is 18.1 Å². The first kappa shape index (κ1) is 26.3. The summed E-state index contributed by atoms with van der Waals surface area (Å²) < 4.78 is 25.7. The van der Waals surface area contributed by atoms with Gasteiger partial charge in [-0.25, -0.2) is 9.37 Å². The molecule has 1 amide bonds. The van der Waals surface area contributed by atoms with Gasteiger partial charge in [0.25, 0.3) is 0 Å². The lowest BCUT2D eigenvalue weighted by Crippen LogP contribution is -2.65. The lowest BCUT2D eigenvalue weighted by Gasteiger charge is -2.66. The van der Waals surface area contributed by atoms with Gasteiger partial charge in [0.2, 0.25) is 17.7 Å². The Labute approximate surface area is 246 Å². The molecule has 7 fully saturated rings. The topological polar surface area (TPSA) is 81.4 Å². The fourth-order valence-corrected chi connectivity index (χ4v) is 8.54. The van der Waals surface area contributed by atoms with Crippen LogP contribution in [0.3, 0.4) is 0 Å². The zero-order chi connectivity index (χ0) is 28.6. The lowest BCUT2D eigenvalue weighted by molar-refractivity contribution is -0.215. The van der Waals surface area contributed by atoms with Crippen LogP contribution >= 0.6 is 0 Å². The van der Waals surface area contributed by atoms with E-state index in [0.29, 0.717) is 50.6 Å². The van der Waals surface area contributed by atoms with Gasteiger partial charge in [-0.2, -0.15) is 4.98 Å². The van der Waals surface area contributed by atoms with E-state index >= 15 is 0 Å². The molecule has 2 heterocycles. The molecule has 0 unspecified atom stereocenters. The average molecular weight is 571 g/mol. The van der Waals surface area contributed by atoms with Crippen molar-refractivity contribution < 1.29 is 18.4 Å². The van der Waals surface area contributed by atoms with Gasteiger partial charge in [0.1, 0.15) is 5.67 Å². The van der Waals surface area contributed by atoms with E-state index in [4.69, 9.17) is 14.2 Å². The van der Waals surface area contributed by atoms with Crippen LogP contribution < -0.4 is 9.64 Å². The molecule has 7 nitrogen and oxygen atoms in total. The Bertz CT molecular complexity index is 1470. The third-order valence-electron chi connectivity index (χ3n) is 11.2. The summed E-state index contributed by atoms with van der Waals surface area (Å²) in [5, 5.41) is 4.32. The molecule has 2 aromatic heterocycles. The number of halogens is 1. The van der Waals surface area contributed by atoms with Crippen LogP contribution in [0.15, 0.2) is 47.1 Å². The summed E-state index contributed by atoms with van der Waals surface area (Å²) in [6.45, 7) is 3.21. The first-order valence-corrected chi connectivity index (χ1v) is 15.8. The molecule has 3 aromatic rings.